The first-order valence-electron chi connectivity index (χ1n) is 11.8. The Morgan fingerprint density at radius 2 is 1.91 bits per heavy atom. The number of carbonyl (C=O) groups is 3. The van der Waals surface area contributed by atoms with Crippen molar-refractivity contribution >= 4 is 17.9 Å². The lowest BCUT2D eigenvalue weighted by Gasteiger charge is -2.28. The average molecular weight is 487 g/mol. The average Bonchev–Trinajstić information content (AvgIpc) is 2.85. The molecule has 1 saturated heterocycles. The molecule has 1 unspecified atom stereocenters. The van der Waals surface area contributed by atoms with E-state index in [2.05, 4.69) is 10.6 Å². The van der Waals surface area contributed by atoms with Gasteiger partial charge in [-0.05, 0) is 37.8 Å². The van der Waals surface area contributed by atoms with Crippen molar-refractivity contribution in [2.45, 2.75) is 38.9 Å². The van der Waals surface area contributed by atoms with Crippen molar-refractivity contribution in [1.29, 1.82) is 0 Å². The van der Waals surface area contributed by atoms with Crippen molar-refractivity contribution in [3.05, 3.63) is 69.6 Å². The Hall–Kier alpha value is -3.69. The molecule has 1 aliphatic heterocycles. The number of likely N-dealkylation sites (tertiary alicyclic amines) is 1. The van der Waals surface area contributed by atoms with Gasteiger partial charge in [0.05, 0.1) is 25.3 Å². The molecule has 1 aromatic heterocycles. The standard InChI is InChI=1S/C25H31FN4O5/c1-2-27-23(32)21-14-19(16-30(24(21)33)15-18-8-4-3-5-9-18)22(31)28-11-7-13-35-25(34)29-12-6-10-20(26)17-29/h3-5,8-9,14,16,20H,2,6-7,10-13,15,17H2,1H3,(H,27,32)(H,28,31). The van der Waals surface area contributed by atoms with Crippen LogP contribution >= 0.6 is 0 Å². The molecule has 1 aromatic carbocycles. The van der Waals surface area contributed by atoms with Gasteiger partial charge in [0.15, 0.2) is 0 Å². The molecule has 1 fully saturated rings. The fraction of sp³-hybridized carbons (Fsp3) is 0.440. The highest BCUT2D eigenvalue weighted by Crippen LogP contribution is 2.13. The molecule has 2 aromatic rings. The number of nitrogens with zero attached hydrogens (tertiary/aromatic N) is 2. The fourth-order valence-electron chi connectivity index (χ4n) is 3.79. The summed E-state index contributed by atoms with van der Waals surface area (Å²) in [6.07, 6.45) is 1.27. The molecule has 1 aliphatic rings. The highest BCUT2D eigenvalue weighted by atomic mass is 19.1. The van der Waals surface area contributed by atoms with Gasteiger partial charge in [0.25, 0.3) is 17.4 Å². The second-order valence-corrected chi connectivity index (χ2v) is 8.33. The molecule has 1 atom stereocenters. The molecule has 35 heavy (non-hydrogen) atoms. The molecule has 0 radical (unpaired) electrons. The van der Waals surface area contributed by atoms with Crippen molar-refractivity contribution in [2.24, 2.45) is 0 Å². The third-order valence-electron chi connectivity index (χ3n) is 5.58. The van der Waals surface area contributed by atoms with Crippen molar-refractivity contribution in [2.75, 3.05) is 32.8 Å². The monoisotopic (exact) mass is 486 g/mol. The Balaban J connectivity index is 1.60. The molecule has 0 saturated carbocycles. The molecule has 2 N–H and O–H groups in total. The van der Waals surface area contributed by atoms with Gasteiger partial charge in [-0.3, -0.25) is 14.4 Å². The molecule has 9 nitrogen and oxygen atoms in total. The summed E-state index contributed by atoms with van der Waals surface area (Å²) in [4.78, 5) is 51.4. The zero-order chi connectivity index (χ0) is 25.2. The van der Waals surface area contributed by atoms with E-state index in [-0.39, 0.29) is 37.4 Å². The SMILES string of the molecule is CCNC(=O)c1cc(C(=O)NCCCOC(=O)N2CCCC(F)C2)cn(Cc2ccccc2)c1=O. The van der Waals surface area contributed by atoms with Gasteiger partial charge in [-0.15, -0.1) is 0 Å². The van der Waals surface area contributed by atoms with Crippen LogP contribution in [0, 0.1) is 0 Å². The third-order valence-corrected chi connectivity index (χ3v) is 5.58. The summed E-state index contributed by atoms with van der Waals surface area (Å²) in [5.74, 6) is -1.01. The van der Waals surface area contributed by atoms with E-state index in [0.717, 1.165) is 5.56 Å². The summed E-state index contributed by atoms with van der Waals surface area (Å²) >= 11 is 0. The van der Waals surface area contributed by atoms with E-state index in [4.69, 9.17) is 4.74 Å². The van der Waals surface area contributed by atoms with E-state index in [1.807, 2.05) is 30.3 Å². The first-order chi connectivity index (χ1) is 16.9. The maximum Gasteiger partial charge on any atom is 0.409 e. The molecule has 3 rings (SSSR count). The number of ether oxygens (including phenoxy) is 1. The Morgan fingerprint density at radius 3 is 2.63 bits per heavy atom. The maximum atomic E-state index is 13.4. The lowest BCUT2D eigenvalue weighted by Crippen LogP contribution is -2.41. The van der Waals surface area contributed by atoms with Crippen LogP contribution in [0.1, 0.15) is 52.5 Å². The van der Waals surface area contributed by atoms with Crippen molar-refractivity contribution in [3.8, 4) is 0 Å². The van der Waals surface area contributed by atoms with Crippen LogP contribution in [0.3, 0.4) is 0 Å². The van der Waals surface area contributed by atoms with E-state index < -0.39 is 29.6 Å². The van der Waals surface area contributed by atoms with Crippen LogP contribution in [0.15, 0.2) is 47.4 Å². The van der Waals surface area contributed by atoms with E-state index >= 15 is 0 Å². The van der Waals surface area contributed by atoms with Gasteiger partial charge < -0.3 is 24.8 Å². The first-order valence-corrected chi connectivity index (χ1v) is 11.8. The first kappa shape index (κ1) is 25.9. The number of aromatic nitrogens is 1. The van der Waals surface area contributed by atoms with E-state index in [9.17, 15) is 23.6 Å². The molecule has 0 spiro atoms. The van der Waals surface area contributed by atoms with Gasteiger partial charge in [0.2, 0.25) is 0 Å². The number of amides is 3. The normalized spacial score (nSPS) is 15.4. The lowest BCUT2D eigenvalue weighted by molar-refractivity contribution is 0.0754. The quantitative estimate of drug-likeness (QED) is 0.529. The number of alkyl halides is 1. The van der Waals surface area contributed by atoms with Crippen molar-refractivity contribution in [3.63, 3.8) is 0 Å². The molecule has 3 amide bonds. The van der Waals surface area contributed by atoms with E-state index in [1.54, 1.807) is 6.92 Å². The number of piperidine rings is 1. The molecule has 2 heterocycles. The predicted octanol–water partition coefficient (Wildman–Crippen LogP) is 2.34. The van der Waals surface area contributed by atoms with Crippen LogP contribution in [0.5, 0.6) is 0 Å². The number of benzene rings is 1. The van der Waals surface area contributed by atoms with Gasteiger partial charge in [-0.1, -0.05) is 30.3 Å². The Labute approximate surface area is 203 Å². The van der Waals surface area contributed by atoms with Gasteiger partial charge in [0, 0.05) is 25.8 Å². The minimum Gasteiger partial charge on any atom is -0.449 e. The molecular formula is C25H31FN4O5. The summed E-state index contributed by atoms with van der Waals surface area (Å²) in [6, 6.07) is 10.5. The van der Waals surface area contributed by atoms with E-state index in [0.29, 0.717) is 32.4 Å². The zero-order valence-electron chi connectivity index (χ0n) is 19.8. The molecular weight excluding hydrogens is 455 g/mol. The summed E-state index contributed by atoms with van der Waals surface area (Å²) < 4.78 is 19.9. The second-order valence-electron chi connectivity index (χ2n) is 8.33. The smallest absolute Gasteiger partial charge is 0.409 e. The van der Waals surface area contributed by atoms with Crippen LogP contribution in [0.4, 0.5) is 9.18 Å². The summed E-state index contributed by atoms with van der Waals surface area (Å²) in [5, 5.41) is 5.32. The topological polar surface area (TPSA) is 110 Å². The van der Waals surface area contributed by atoms with Crippen molar-refractivity contribution < 1.29 is 23.5 Å². The predicted molar refractivity (Wildman–Crippen MR) is 128 cm³/mol. The number of halogens is 1. The second kappa shape index (κ2) is 12.7. The molecule has 0 bridgehead atoms. The van der Waals surface area contributed by atoms with Crippen LogP contribution in [-0.2, 0) is 11.3 Å². The largest absolute Gasteiger partial charge is 0.449 e. The summed E-state index contributed by atoms with van der Waals surface area (Å²) in [6.45, 7) is 3.10. The minimum absolute atomic E-state index is 0.0439. The number of nitrogens with one attached hydrogen (secondary N) is 2. The van der Waals surface area contributed by atoms with Gasteiger partial charge in [-0.25, -0.2) is 9.18 Å². The number of rotatable bonds is 9. The summed E-state index contributed by atoms with van der Waals surface area (Å²) in [5.41, 5.74) is 0.415. The number of carbonyl (C=O) groups excluding carboxylic acids is 3. The molecule has 0 aliphatic carbocycles. The van der Waals surface area contributed by atoms with E-state index in [1.165, 1.54) is 21.7 Å². The highest BCUT2D eigenvalue weighted by Gasteiger charge is 2.24. The lowest BCUT2D eigenvalue weighted by atomic mass is 10.1. The van der Waals surface area contributed by atoms with Crippen molar-refractivity contribution in [1.82, 2.24) is 20.1 Å². The Morgan fingerprint density at radius 1 is 1.14 bits per heavy atom. The minimum atomic E-state index is -1.02. The van der Waals surface area contributed by atoms with Gasteiger partial charge >= 0.3 is 6.09 Å². The van der Waals surface area contributed by atoms with Gasteiger partial charge in [0.1, 0.15) is 11.7 Å². The Bertz CT molecular complexity index is 1090. The number of pyridine rings is 1. The van der Waals surface area contributed by atoms with Crippen LogP contribution in [0.25, 0.3) is 0 Å². The zero-order valence-corrected chi connectivity index (χ0v) is 19.8. The number of hydrogen-bond donors (Lipinski definition) is 2. The van der Waals surface area contributed by atoms with Gasteiger partial charge in [-0.2, -0.15) is 0 Å². The molecule has 10 heteroatoms. The van der Waals surface area contributed by atoms with Crippen LogP contribution in [-0.4, -0.2) is 66.3 Å². The maximum absolute atomic E-state index is 13.4. The fourth-order valence-corrected chi connectivity index (χ4v) is 3.79. The third kappa shape index (κ3) is 7.40. The summed E-state index contributed by atoms with van der Waals surface area (Å²) in [7, 11) is 0. The Kier molecular flexibility index (Phi) is 9.39. The van der Waals surface area contributed by atoms with Crippen LogP contribution < -0.4 is 16.2 Å². The van der Waals surface area contributed by atoms with Crippen LogP contribution in [0.2, 0.25) is 0 Å². The number of hydrogen-bond acceptors (Lipinski definition) is 5. The molecule has 188 valence electrons. The highest BCUT2D eigenvalue weighted by molar-refractivity contribution is 5.99.